The summed E-state index contributed by atoms with van der Waals surface area (Å²) in [7, 11) is -1.54. The van der Waals surface area contributed by atoms with Gasteiger partial charge in [-0.3, -0.25) is 4.39 Å². The van der Waals surface area contributed by atoms with E-state index in [1.54, 1.807) is 12.1 Å². The van der Waals surface area contributed by atoms with Crippen LogP contribution in [-0.2, 0) is 19.4 Å². The summed E-state index contributed by atoms with van der Waals surface area (Å²) in [6.45, 7) is -0.823. The maximum Gasteiger partial charge on any atom is 0.150 e. The van der Waals surface area contributed by atoms with Gasteiger partial charge in [-0.2, -0.15) is 0 Å². The molecule has 0 N–H and O–H groups in total. The summed E-state index contributed by atoms with van der Waals surface area (Å²) >= 11 is 0. The number of methoxy groups -OCH3 is 1. The Morgan fingerprint density at radius 2 is 2.04 bits per heavy atom. The molecule has 2 heterocycles. The predicted octanol–water partition coefficient (Wildman–Crippen LogP) is 3.09. The highest BCUT2D eigenvalue weighted by Gasteiger charge is 2.44. The number of benzene rings is 1. The largest absolute Gasteiger partial charge is 0.388 e. The first kappa shape index (κ1) is 19.6. The van der Waals surface area contributed by atoms with Gasteiger partial charge in [0.2, 0.25) is 0 Å². The molecule has 2 aliphatic heterocycles. The summed E-state index contributed by atoms with van der Waals surface area (Å²) in [6.07, 6.45) is 0.755. The molecule has 0 aliphatic carbocycles. The van der Waals surface area contributed by atoms with Crippen LogP contribution in [0.2, 0.25) is 0 Å². The molecule has 8 nitrogen and oxygen atoms in total. The Hall–Kier alpha value is -2.16. The van der Waals surface area contributed by atoms with Crippen LogP contribution in [0.1, 0.15) is 36.5 Å². The SMILES string of the molecule is CO[C@H](c1ccc(C2=NOC3(CCS(=O)(=O)CC3)C2)cc1)[C@@H](CF)N=[N+]=[N-]. The Kier molecular flexibility index (Phi) is 5.69. The molecule has 1 saturated heterocycles. The van der Waals surface area contributed by atoms with Crippen molar-refractivity contribution < 1.29 is 22.4 Å². The third kappa shape index (κ3) is 4.23. The molecule has 0 bridgehead atoms. The highest BCUT2D eigenvalue weighted by Crippen LogP contribution is 2.37. The molecule has 1 fully saturated rings. The third-order valence-electron chi connectivity index (χ3n) is 5.11. The van der Waals surface area contributed by atoms with E-state index in [1.165, 1.54) is 7.11 Å². The smallest absolute Gasteiger partial charge is 0.150 e. The van der Waals surface area contributed by atoms with Crippen molar-refractivity contribution in [1.29, 1.82) is 0 Å². The second kappa shape index (κ2) is 7.84. The molecule has 3 rings (SSSR count). The lowest BCUT2D eigenvalue weighted by Gasteiger charge is -2.30. The average molecular weight is 396 g/mol. The number of alkyl halides is 1. The van der Waals surface area contributed by atoms with Crippen molar-refractivity contribution in [2.75, 3.05) is 25.3 Å². The van der Waals surface area contributed by atoms with Gasteiger partial charge in [0.1, 0.15) is 12.3 Å². The van der Waals surface area contributed by atoms with Gasteiger partial charge in [0, 0.05) is 31.3 Å². The lowest BCUT2D eigenvalue weighted by Crippen LogP contribution is -2.39. The number of rotatable bonds is 6. The Morgan fingerprint density at radius 1 is 1.37 bits per heavy atom. The van der Waals surface area contributed by atoms with Crippen LogP contribution in [0.25, 0.3) is 10.4 Å². The van der Waals surface area contributed by atoms with Crippen LogP contribution in [0, 0.1) is 0 Å². The van der Waals surface area contributed by atoms with Crippen LogP contribution in [0.4, 0.5) is 4.39 Å². The molecule has 0 radical (unpaired) electrons. The van der Waals surface area contributed by atoms with Gasteiger partial charge < -0.3 is 9.57 Å². The highest BCUT2D eigenvalue weighted by atomic mass is 32.2. The number of nitrogens with zero attached hydrogens (tertiary/aromatic N) is 4. The summed E-state index contributed by atoms with van der Waals surface area (Å²) in [4.78, 5) is 8.29. The molecule has 0 saturated carbocycles. The normalized spacial score (nSPS) is 22.4. The zero-order valence-electron chi connectivity index (χ0n) is 14.9. The van der Waals surface area contributed by atoms with E-state index in [1.807, 2.05) is 12.1 Å². The molecular weight excluding hydrogens is 375 g/mol. The second-order valence-corrected chi connectivity index (χ2v) is 9.15. The lowest BCUT2D eigenvalue weighted by atomic mass is 9.88. The average Bonchev–Trinajstić information content (AvgIpc) is 3.09. The van der Waals surface area contributed by atoms with Crippen LogP contribution < -0.4 is 0 Å². The minimum absolute atomic E-state index is 0.119. The number of oxime groups is 1. The van der Waals surface area contributed by atoms with Crippen molar-refractivity contribution in [1.82, 2.24) is 0 Å². The second-order valence-electron chi connectivity index (χ2n) is 6.85. The van der Waals surface area contributed by atoms with E-state index in [0.29, 0.717) is 24.8 Å². The number of hydrogen-bond acceptors (Lipinski definition) is 6. The summed E-state index contributed by atoms with van der Waals surface area (Å²) in [5.41, 5.74) is 10.3. The van der Waals surface area contributed by atoms with Crippen molar-refractivity contribution in [3.05, 3.63) is 45.8 Å². The van der Waals surface area contributed by atoms with E-state index in [0.717, 1.165) is 11.3 Å². The van der Waals surface area contributed by atoms with E-state index in [-0.39, 0.29) is 11.5 Å². The molecule has 2 atom stereocenters. The van der Waals surface area contributed by atoms with Crippen LogP contribution in [-0.4, -0.2) is 51.1 Å². The van der Waals surface area contributed by atoms with Gasteiger partial charge in [0.05, 0.1) is 29.4 Å². The summed E-state index contributed by atoms with van der Waals surface area (Å²) in [5, 5.41) is 7.62. The van der Waals surface area contributed by atoms with Gasteiger partial charge in [0.15, 0.2) is 9.84 Å². The zero-order valence-corrected chi connectivity index (χ0v) is 15.7. The fourth-order valence-corrected chi connectivity index (χ4v) is 5.04. The number of hydrogen-bond donors (Lipinski definition) is 0. The van der Waals surface area contributed by atoms with E-state index < -0.39 is 34.3 Å². The Bertz CT molecular complexity index is 851. The molecule has 0 amide bonds. The van der Waals surface area contributed by atoms with Gasteiger partial charge >= 0.3 is 0 Å². The van der Waals surface area contributed by atoms with Crippen molar-refractivity contribution in [3.8, 4) is 0 Å². The lowest BCUT2D eigenvalue weighted by molar-refractivity contribution is -0.0256. The van der Waals surface area contributed by atoms with E-state index >= 15 is 0 Å². The first-order chi connectivity index (χ1) is 12.9. The maximum absolute atomic E-state index is 13.1. The predicted molar refractivity (Wildman–Crippen MR) is 98.0 cm³/mol. The van der Waals surface area contributed by atoms with Gasteiger partial charge in [-0.25, -0.2) is 8.42 Å². The van der Waals surface area contributed by atoms with Crippen molar-refractivity contribution >= 4 is 15.5 Å². The Balaban J connectivity index is 1.72. The standard InChI is InChI=1S/C17H21FN4O4S/c1-25-16(15(11-18)20-22-19)13-4-2-12(3-5-13)14-10-17(26-21-14)6-8-27(23,24)9-7-17/h2-5,15-16H,6-11H2,1H3/t15-,16-/m1/s1. The first-order valence-electron chi connectivity index (χ1n) is 8.61. The van der Waals surface area contributed by atoms with Crippen LogP contribution in [0.3, 0.4) is 0 Å². The molecule has 0 aromatic heterocycles. The minimum Gasteiger partial charge on any atom is -0.388 e. The fourth-order valence-electron chi connectivity index (χ4n) is 3.47. The van der Waals surface area contributed by atoms with Crippen molar-refractivity contribution in [2.45, 2.75) is 37.0 Å². The van der Waals surface area contributed by atoms with E-state index in [9.17, 15) is 12.8 Å². The van der Waals surface area contributed by atoms with Gasteiger partial charge in [-0.1, -0.05) is 34.5 Å². The molecule has 1 spiro atoms. The minimum atomic E-state index is -2.97. The molecule has 1 aromatic rings. The Morgan fingerprint density at radius 3 is 2.59 bits per heavy atom. The first-order valence-corrected chi connectivity index (χ1v) is 10.4. The zero-order chi connectivity index (χ0) is 19.5. The summed E-state index contributed by atoms with van der Waals surface area (Å²) in [5.74, 6) is 0.239. The molecule has 146 valence electrons. The topological polar surface area (TPSA) is 114 Å². The third-order valence-corrected chi connectivity index (χ3v) is 6.76. The van der Waals surface area contributed by atoms with E-state index in [4.69, 9.17) is 15.1 Å². The number of halogens is 1. The van der Waals surface area contributed by atoms with Crippen LogP contribution >= 0.6 is 0 Å². The van der Waals surface area contributed by atoms with Crippen molar-refractivity contribution in [3.63, 3.8) is 0 Å². The van der Waals surface area contributed by atoms with E-state index in [2.05, 4.69) is 15.2 Å². The quantitative estimate of drug-likeness (QED) is 0.417. The summed E-state index contributed by atoms with van der Waals surface area (Å²) in [6, 6.07) is 6.27. The molecule has 1 aromatic carbocycles. The Labute approximate surface area is 156 Å². The number of ether oxygens (including phenoxy) is 1. The molecule has 27 heavy (non-hydrogen) atoms. The maximum atomic E-state index is 13.1. The highest BCUT2D eigenvalue weighted by molar-refractivity contribution is 7.91. The number of azide groups is 1. The molecule has 2 aliphatic rings. The fraction of sp³-hybridized carbons (Fsp3) is 0.588. The van der Waals surface area contributed by atoms with Crippen LogP contribution in [0.5, 0.6) is 0 Å². The monoisotopic (exact) mass is 396 g/mol. The number of sulfone groups is 1. The summed E-state index contributed by atoms with van der Waals surface area (Å²) < 4.78 is 41.7. The molecule has 0 unspecified atom stereocenters. The van der Waals surface area contributed by atoms with Gasteiger partial charge in [0.25, 0.3) is 0 Å². The van der Waals surface area contributed by atoms with Crippen LogP contribution in [0.15, 0.2) is 34.5 Å². The van der Waals surface area contributed by atoms with Gasteiger partial charge in [-0.05, 0) is 16.7 Å². The molecular formula is C17H21FN4O4S. The van der Waals surface area contributed by atoms with Crippen molar-refractivity contribution in [2.24, 2.45) is 10.3 Å². The van der Waals surface area contributed by atoms with Gasteiger partial charge in [-0.15, -0.1) is 0 Å². The molecule has 10 heteroatoms.